The Hall–Kier alpha value is -1.82. The Morgan fingerprint density at radius 2 is 1.88 bits per heavy atom. The summed E-state index contributed by atoms with van der Waals surface area (Å²) >= 11 is 1.41. The van der Waals surface area contributed by atoms with E-state index in [2.05, 4.69) is 67.5 Å². The number of carbonyl (C=O) groups excluding carboxylic acids is 1. The number of benzene rings is 1. The van der Waals surface area contributed by atoms with Crippen molar-refractivity contribution in [2.75, 3.05) is 5.75 Å². The van der Waals surface area contributed by atoms with Crippen LogP contribution in [0.5, 0.6) is 0 Å². The highest BCUT2D eigenvalue weighted by molar-refractivity contribution is 7.99. The molecule has 1 atom stereocenters. The van der Waals surface area contributed by atoms with Crippen LogP contribution in [0, 0.1) is 0 Å². The number of hydrogen-bond donors (Lipinski definition) is 1. The Morgan fingerprint density at radius 1 is 1.24 bits per heavy atom. The summed E-state index contributed by atoms with van der Waals surface area (Å²) in [4.78, 5) is 11.9. The van der Waals surface area contributed by atoms with Gasteiger partial charge in [-0.05, 0) is 24.3 Å². The molecule has 2 aromatic rings. The van der Waals surface area contributed by atoms with Gasteiger partial charge in [-0.15, -0.1) is 10.2 Å². The first-order valence-corrected chi connectivity index (χ1v) is 9.63. The SMILES string of the molecule is CC[C@H](C)NC(=O)CSc1nnc(-c2ccc(C(C)(C)C)cc2)n1C. The van der Waals surface area contributed by atoms with Gasteiger partial charge in [0.05, 0.1) is 5.75 Å². The molecule has 0 bridgehead atoms. The number of amides is 1. The van der Waals surface area contributed by atoms with Gasteiger partial charge in [-0.1, -0.05) is 63.7 Å². The van der Waals surface area contributed by atoms with E-state index in [1.165, 1.54) is 17.3 Å². The molecule has 136 valence electrons. The summed E-state index contributed by atoms with van der Waals surface area (Å²) < 4.78 is 1.94. The van der Waals surface area contributed by atoms with Gasteiger partial charge in [-0.3, -0.25) is 4.79 Å². The van der Waals surface area contributed by atoms with E-state index < -0.39 is 0 Å². The minimum atomic E-state index is 0.0263. The van der Waals surface area contributed by atoms with Gasteiger partial charge >= 0.3 is 0 Å². The van der Waals surface area contributed by atoms with Gasteiger partial charge in [0, 0.05) is 18.7 Å². The van der Waals surface area contributed by atoms with Crippen LogP contribution in [0.3, 0.4) is 0 Å². The molecule has 0 aliphatic heterocycles. The summed E-state index contributed by atoms with van der Waals surface area (Å²) in [5.74, 6) is 1.18. The molecule has 0 saturated carbocycles. The van der Waals surface area contributed by atoms with Crippen LogP contribution in [0.2, 0.25) is 0 Å². The molecule has 0 saturated heterocycles. The van der Waals surface area contributed by atoms with Gasteiger partial charge in [-0.25, -0.2) is 0 Å². The molecule has 1 heterocycles. The number of nitrogens with zero attached hydrogens (tertiary/aromatic N) is 3. The van der Waals surface area contributed by atoms with Gasteiger partial charge in [0.2, 0.25) is 5.91 Å². The van der Waals surface area contributed by atoms with Crippen molar-refractivity contribution in [1.82, 2.24) is 20.1 Å². The highest BCUT2D eigenvalue weighted by Crippen LogP contribution is 2.26. The van der Waals surface area contributed by atoms with E-state index in [0.29, 0.717) is 5.75 Å². The molecule has 0 aliphatic carbocycles. The summed E-state index contributed by atoms with van der Waals surface area (Å²) in [6, 6.07) is 8.63. The second-order valence-electron chi connectivity index (χ2n) is 7.36. The maximum absolute atomic E-state index is 11.9. The summed E-state index contributed by atoms with van der Waals surface area (Å²) in [6.07, 6.45) is 0.926. The molecular formula is C19H28N4OS. The standard InChI is InChI=1S/C19H28N4OS/c1-7-13(2)20-16(24)12-25-18-22-21-17(23(18)6)14-8-10-15(11-9-14)19(3,4)5/h8-11,13H,7,12H2,1-6H3,(H,20,24)/t13-/m0/s1. The van der Waals surface area contributed by atoms with Crippen LogP contribution in [-0.4, -0.2) is 32.5 Å². The first-order valence-electron chi connectivity index (χ1n) is 8.64. The molecule has 1 amide bonds. The minimum absolute atomic E-state index is 0.0263. The summed E-state index contributed by atoms with van der Waals surface area (Å²) in [6.45, 7) is 10.7. The Morgan fingerprint density at radius 3 is 2.44 bits per heavy atom. The predicted octanol–water partition coefficient (Wildman–Crippen LogP) is 3.79. The molecule has 0 radical (unpaired) electrons. The van der Waals surface area contributed by atoms with Crippen molar-refractivity contribution >= 4 is 17.7 Å². The topological polar surface area (TPSA) is 59.8 Å². The van der Waals surface area contributed by atoms with E-state index >= 15 is 0 Å². The molecule has 0 fully saturated rings. The fourth-order valence-corrected chi connectivity index (χ4v) is 3.08. The maximum atomic E-state index is 11.9. The predicted molar refractivity (Wildman–Crippen MR) is 104 cm³/mol. The third kappa shape index (κ3) is 5.08. The molecular weight excluding hydrogens is 332 g/mol. The van der Waals surface area contributed by atoms with Crippen molar-refractivity contribution in [3.05, 3.63) is 29.8 Å². The van der Waals surface area contributed by atoms with E-state index in [-0.39, 0.29) is 17.4 Å². The third-order valence-electron chi connectivity index (χ3n) is 4.20. The number of hydrogen-bond acceptors (Lipinski definition) is 4. The van der Waals surface area contributed by atoms with Crippen molar-refractivity contribution in [3.63, 3.8) is 0 Å². The molecule has 0 unspecified atom stereocenters. The lowest BCUT2D eigenvalue weighted by atomic mass is 9.87. The smallest absolute Gasteiger partial charge is 0.230 e. The average molecular weight is 361 g/mol. The maximum Gasteiger partial charge on any atom is 0.230 e. The monoisotopic (exact) mass is 360 g/mol. The van der Waals surface area contributed by atoms with Crippen LogP contribution in [0.4, 0.5) is 0 Å². The lowest BCUT2D eigenvalue weighted by Gasteiger charge is -2.19. The van der Waals surface area contributed by atoms with E-state index in [1.54, 1.807) is 0 Å². The highest BCUT2D eigenvalue weighted by Gasteiger charge is 2.16. The number of rotatable bonds is 6. The van der Waals surface area contributed by atoms with Crippen LogP contribution in [0.1, 0.15) is 46.6 Å². The quantitative estimate of drug-likeness (QED) is 0.796. The zero-order valence-electron chi connectivity index (χ0n) is 16.0. The second-order valence-corrected chi connectivity index (χ2v) is 8.30. The molecule has 1 N–H and O–H groups in total. The average Bonchev–Trinajstić information content (AvgIpc) is 2.93. The number of nitrogens with one attached hydrogen (secondary N) is 1. The molecule has 1 aromatic carbocycles. The molecule has 0 aliphatic rings. The molecule has 1 aromatic heterocycles. The van der Waals surface area contributed by atoms with Crippen LogP contribution < -0.4 is 5.32 Å². The third-order valence-corrected chi connectivity index (χ3v) is 5.22. The van der Waals surface area contributed by atoms with Crippen molar-refractivity contribution < 1.29 is 4.79 Å². The minimum Gasteiger partial charge on any atom is -0.353 e. The van der Waals surface area contributed by atoms with Crippen LogP contribution in [0.15, 0.2) is 29.4 Å². The molecule has 6 heteroatoms. The summed E-state index contributed by atoms with van der Waals surface area (Å²) in [5.41, 5.74) is 2.44. The second kappa shape index (κ2) is 8.04. The van der Waals surface area contributed by atoms with Gasteiger partial charge in [0.15, 0.2) is 11.0 Å². The lowest BCUT2D eigenvalue weighted by Crippen LogP contribution is -2.33. The van der Waals surface area contributed by atoms with E-state index in [0.717, 1.165) is 23.0 Å². The van der Waals surface area contributed by atoms with E-state index in [4.69, 9.17) is 0 Å². The number of thioether (sulfide) groups is 1. The summed E-state index contributed by atoms with van der Waals surface area (Å²) in [5, 5.41) is 12.2. The lowest BCUT2D eigenvalue weighted by molar-refractivity contribution is -0.119. The molecule has 25 heavy (non-hydrogen) atoms. The van der Waals surface area contributed by atoms with E-state index in [1.807, 2.05) is 18.5 Å². The van der Waals surface area contributed by atoms with E-state index in [9.17, 15) is 4.79 Å². The van der Waals surface area contributed by atoms with Crippen LogP contribution in [-0.2, 0) is 17.3 Å². The Balaban J connectivity index is 2.07. The largest absolute Gasteiger partial charge is 0.353 e. The van der Waals surface area contributed by atoms with Crippen LogP contribution in [0.25, 0.3) is 11.4 Å². The first-order chi connectivity index (χ1) is 11.7. The van der Waals surface area contributed by atoms with Crippen molar-refractivity contribution in [2.24, 2.45) is 7.05 Å². The van der Waals surface area contributed by atoms with Gasteiger partial charge in [-0.2, -0.15) is 0 Å². The molecule has 5 nitrogen and oxygen atoms in total. The highest BCUT2D eigenvalue weighted by atomic mass is 32.2. The number of aromatic nitrogens is 3. The Labute approximate surface area is 154 Å². The molecule has 0 spiro atoms. The molecule has 2 rings (SSSR count). The normalized spacial score (nSPS) is 12.9. The summed E-state index contributed by atoms with van der Waals surface area (Å²) in [7, 11) is 1.93. The Bertz CT molecular complexity index is 716. The van der Waals surface area contributed by atoms with Gasteiger partial charge in [0.1, 0.15) is 0 Å². The fraction of sp³-hybridized carbons (Fsp3) is 0.526. The zero-order chi connectivity index (χ0) is 18.6. The Kier molecular flexibility index (Phi) is 6.27. The van der Waals surface area contributed by atoms with Crippen molar-refractivity contribution in [1.29, 1.82) is 0 Å². The van der Waals surface area contributed by atoms with Crippen molar-refractivity contribution in [2.45, 2.75) is 57.7 Å². The van der Waals surface area contributed by atoms with Crippen molar-refractivity contribution in [3.8, 4) is 11.4 Å². The first kappa shape index (κ1) is 19.5. The number of carbonyl (C=O) groups is 1. The fourth-order valence-electron chi connectivity index (χ4n) is 2.36. The van der Waals surface area contributed by atoms with Crippen LogP contribution >= 0.6 is 11.8 Å². The zero-order valence-corrected chi connectivity index (χ0v) is 16.8. The van der Waals surface area contributed by atoms with Gasteiger partial charge in [0.25, 0.3) is 0 Å². The van der Waals surface area contributed by atoms with Gasteiger partial charge < -0.3 is 9.88 Å².